The van der Waals surface area contributed by atoms with E-state index in [1.165, 1.54) is 45.9 Å². The molecular formula is C51H44BBr4F6N5O4S3. The first-order chi connectivity index (χ1) is 35.1. The molecule has 2 aromatic heterocycles. The van der Waals surface area contributed by atoms with Crippen molar-refractivity contribution >= 4 is 134 Å². The van der Waals surface area contributed by atoms with E-state index in [4.69, 9.17) is 27.4 Å². The normalized spacial score (nSPS) is 10.6. The van der Waals surface area contributed by atoms with Gasteiger partial charge in [0.25, 0.3) is 0 Å². The number of benzene rings is 6. The van der Waals surface area contributed by atoms with E-state index < -0.39 is 23.5 Å². The second-order valence-corrected chi connectivity index (χ2v) is 24.2. The summed E-state index contributed by atoms with van der Waals surface area (Å²) in [5.41, 5.74) is 10.7. The molecule has 0 radical (unpaired) electrons. The highest BCUT2D eigenvalue weighted by molar-refractivity contribution is 9.69. The Balaban J connectivity index is 0.000000219. The van der Waals surface area contributed by atoms with E-state index in [2.05, 4.69) is 103 Å². The lowest BCUT2D eigenvalue weighted by atomic mass is 10.1. The number of hydrogen-bond donors (Lipinski definition) is 4. The molecule has 388 valence electrons. The van der Waals surface area contributed by atoms with Gasteiger partial charge >= 0.3 is 15.5 Å². The number of aromatic nitrogens is 2. The van der Waals surface area contributed by atoms with Crippen LogP contribution in [0.2, 0.25) is 0 Å². The molecule has 0 aliphatic heterocycles. The minimum absolute atomic E-state index is 0.0638. The Morgan fingerprint density at radius 1 is 0.676 bits per heavy atom. The lowest BCUT2D eigenvalue weighted by molar-refractivity contribution is -0.138. The zero-order valence-electron chi connectivity index (χ0n) is 39.2. The molecule has 0 aliphatic rings. The van der Waals surface area contributed by atoms with E-state index in [-0.39, 0.29) is 14.7 Å². The number of thiazole rings is 2. The molecular weight excluding hydrogens is 1290 g/mol. The maximum Gasteiger partial charge on any atom is 0.416 e. The van der Waals surface area contributed by atoms with Crippen LogP contribution < -0.4 is 25.8 Å². The van der Waals surface area contributed by atoms with Gasteiger partial charge in [0.05, 0.1) is 47.1 Å². The number of thiocarbonyl (C=S) groups is 1. The summed E-state index contributed by atoms with van der Waals surface area (Å²) in [6.07, 6.45) is -8.05. The van der Waals surface area contributed by atoms with Gasteiger partial charge in [-0.15, -0.1) is 69.9 Å². The Morgan fingerprint density at radius 2 is 1.14 bits per heavy atom. The number of aryl methyl sites for hydroxylation is 1. The highest BCUT2D eigenvalue weighted by atomic mass is 79.9. The molecule has 2 heterocycles. The third-order valence-corrected chi connectivity index (χ3v) is 11.5. The van der Waals surface area contributed by atoms with Crippen molar-refractivity contribution in [3.8, 4) is 39.8 Å². The fourth-order valence-electron chi connectivity index (χ4n) is 6.07. The molecule has 0 saturated carbocycles. The van der Waals surface area contributed by atoms with Crippen LogP contribution in [-0.4, -0.2) is 48.6 Å². The quantitative estimate of drug-likeness (QED) is 0.0308. The standard InChI is InChI=1S/C17H13F3N2OS.C16H11F3N2OS.C9H9BrO2.C9H11NS.BBr3/c1-23-14-7-2-4-11(8-14)15-10-24-16(22-15)21-13-6-3-5-12(9-13)17(18,19)20;17-16(18,19)11-4-2-5-12(8-11)20-15-21-14(9-23-15)10-3-1-6-13(22)7-10;1-12-8-4-2-3-7(5-8)9(11)6-10;1-7-3-2-4-8(5-7)6-9(10)11;2-1(3)4/h2-10H,1H3,(H,21,22);1-9,22H,(H,20,21);2-5H,6H2,1H3;2-5H,6H2,1H3,(H2,10,11);. The first-order valence-electron chi connectivity index (χ1n) is 21.3. The number of aromatic hydroxyl groups is 1. The van der Waals surface area contributed by atoms with Crippen molar-refractivity contribution in [1.29, 1.82) is 0 Å². The highest BCUT2D eigenvalue weighted by Gasteiger charge is 2.31. The number of carbonyl (C=O) groups is 1. The number of carbonyl (C=O) groups excluding carboxylic acids is 1. The Labute approximate surface area is 471 Å². The summed E-state index contributed by atoms with van der Waals surface area (Å²) in [5, 5.41) is 20.2. The van der Waals surface area contributed by atoms with Crippen molar-refractivity contribution in [3.05, 3.63) is 184 Å². The molecule has 9 nitrogen and oxygen atoms in total. The SMILES string of the molecule is BrB(Br)Br.COc1cccc(-c2csc(Nc3cccc(C(F)(F)F)c3)n2)c1.COc1cccc(C(=O)CBr)c1.Cc1cccc(CC(N)=S)c1.Oc1cccc(-c2csc(Nc3cccc(C(F)(F)F)c3)n2)c1. The van der Waals surface area contributed by atoms with Crippen LogP contribution in [0.1, 0.15) is 32.6 Å². The fourth-order valence-corrected chi connectivity index (χ4v) is 8.04. The Morgan fingerprint density at radius 3 is 1.59 bits per heavy atom. The topological polar surface area (TPSA) is 132 Å². The lowest BCUT2D eigenvalue weighted by Gasteiger charge is -2.09. The number of Topliss-reactive ketones (excluding diaryl/α,β-unsaturated/α-hetero) is 1. The Kier molecular flexibility index (Phi) is 25.1. The monoisotopic (exact) mass is 1330 g/mol. The maximum atomic E-state index is 12.8. The number of ketones is 1. The number of phenols is 1. The molecule has 0 saturated heterocycles. The fraction of sp³-hybridized carbons (Fsp3) is 0.137. The first-order valence-corrected chi connectivity index (χ1v) is 27.3. The minimum atomic E-state index is -4.38. The second-order valence-electron chi connectivity index (χ2n) is 14.9. The van der Waals surface area contributed by atoms with Crippen molar-refractivity contribution < 1.29 is 45.7 Å². The zero-order valence-corrected chi connectivity index (χ0v) is 47.9. The number of anilines is 4. The largest absolute Gasteiger partial charge is 0.508 e. The summed E-state index contributed by atoms with van der Waals surface area (Å²) in [6, 6.07) is 39.3. The van der Waals surface area contributed by atoms with E-state index in [1.807, 2.05) is 47.8 Å². The summed E-state index contributed by atoms with van der Waals surface area (Å²) in [5.74, 6) is 1.62. The van der Waals surface area contributed by atoms with Crippen LogP contribution >= 0.6 is 98.1 Å². The van der Waals surface area contributed by atoms with Crippen molar-refractivity contribution in [2.75, 3.05) is 30.2 Å². The number of ether oxygens (including phenoxy) is 2. The Hall–Kier alpha value is -5.30. The lowest BCUT2D eigenvalue weighted by Crippen LogP contribution is -2.10. The van der Waals surface area contributed by atoms with Crippen LogP contribution in [0.4, 0.5) is 48.0 Å². The van der Waals surface area contributed by atoms with Gasteiger partial charge in [0.2, 0.25) is 0 Å². The minimum Gasteiger partial charge on any atom is -0.508 e. The van der Waals surface area contributed by atoms with Gasteiger partial charge in [-0.1, -0.05) is 107 Å². The van der Waals surface area contributed by atoms with E-state index >= 15 is 0 Å². The molecule has 8 aromatic rings. The molecule has 0 aliphatic carbocycles. The molecule has 0 spiro atoms. The summed E-state index contributed by atoms with van der Waals surface area (Å²) in [7, 11) is 3.17. The average molecular weight is 1330 g/mol. The Bertz CT molecular complexity index is 3060. The van der Waals surface area contributed by atoms with E-state index in [0.717, 1.165) is 41.1 Å². The highest BCUT2D eigenvalue weighted by Crippen LogP contribution is 2.35. The summed E-state index contributed by atoms with van der Waals surface area (Å²) >= 11 is 19.8. The van der Waals surface area contributed by atoms with Crippen LogP contribution in [-0.2, 0) is 18.8 Å². The maximum absolute atomic E-state index is 12.8. The van der Waals surface area contributed by atoms with E-state index in [9.17, 15) is 36.2 Å². The summed E-state index contributed by atoms with van der Waals surface area (Å²) in [6.45, 7) is 2.06. The molecule has 23 heteroatoms. The van der Waals surface area contributed by atoms with Crippen molar-refractivity contribution in [3.63, 3.8) is 0 Å². The van der Waals surface area contributed by atoms with E-state index in [1.54, 1.807) is 74.2 Å². The molecule has 5 N–H and O–H groups in total. The van der Waals surface area contributed by atoms with Crippen LogP contribution in [0, 0.1) is 6.92 Å². The van der Waals surface area contributed by atoms with Crippen molar-refractivity contribution in [1.82, 2.24) is 9.97 Å². The van der Waals surface area contributed by atoms with Gasteiger partial charge in [-0.25, -0.2) is 9.97 Å². The number of alkyl halides is 7. The predicted molar refractivity (Wildman–Crippen MR) is 308 cm³/mol. The van der Waals surface area contributed by atoms with Gasteiger partial charge in [-0.05, 0) is 85.3 Å². The number of nitrogens with zero attached hydrogens (tertiary/aromatic N) is 2. The van der Waals surface area contributed by atoms with Crippen LogP contribution in [0.25, 0.3) is 22.5 Å². The van der Waals surface area contributed by atoms with Crippen LogP contribution in [0.15, 0.2) is 156 Å². The molecule has 74 heavy (non-hydrogen) atoms. The zero-order chi connectivity index (χ0) is 54.4. The van der Waals surface area contributed by atoms with Gasteiger partial charge < -0.3 is 30.9 Å². The molecule has 8 rings (SSSR count). The van der Waals surface area contributed by atoms with Crippen molar-refractivity contribution in [2.45, 2.75) is 25.7 Å². The smallest absolute Gasteiger partial charge is 0.416 e. The van der Waals surface area contributed by atoms with Gasteiger partial charge in [0.1, 0.15) is 17.2 Å². The first kappa shape index (κ1) is 61.3. The number of methoxy groups -OCH3 is 2. The third-order valence-electron chi connectivity index (χ3n) is 9.37. The molecule has 0 amide bonds. The van der Waals surface area contributed by atoms with Crippen LogP contribution in [0.5, 0.6) is 17.2 Å². The average Bonchev–Trinajstić information content (AvgIpc) is 4.04. The number of rotatable bonds is 12. The molecule has 0 bridgehead atoms. The summed E-state index contributed by atoms with van der Waals surface area (Å²) < 4.78 is 86.8. The third kappa shape index (κ3) is 21.9. The molecule has 0 atom stereocenters. The van der Waals surface area contributed by atoms with Gasteiger partial charge in [-0.2, -0.15) is 26.3 Å². The van der Waals surface area contributed by atoms with E-state index in [0.29, 0.717) is 61.1 Å². The number of hydrogen-bond acceptors (Lipinski definition) is 11. The molecule has 0 fully saturated rings. The number of phenolic OH excluding ortho intramolecular Hbond substituents is 1. The molecule has 6 aromatic carbocycles. The summed E-state index contributed by atoms with van der Waals surface area (Å²) in [4.78, 5) is 20.5. The van der Waals surface area contributed by atoms with Crippen LogP contribution in [0.3, 0.4) is 0 Å². The number of nitrogens with two attached hydrogens (primary N) is 1. The van der Waals surface area contributed by atoms with Gasteiger partial charge in [-0.3, -0.25) is 4.79 Å². The van der Waals surface area contributed by atoms with Gasteiger partial charge in [0, 0.05) is 45.2 Å². The number of nitrogens with one attached hydrogen (secondary N) is 2. The number of halogens is 10. The second kappa shape index (κ2) is 30.3. The van der Waals surface area contributed by atoms with Crippen molar-refractivity contribution in [2.24, 2.45) is 5.73 Å². The molecule has 0 unspecified atom stereocenters. The van der Waals surface area contributed by atoms with Gasteiger partial charge in [0.15, 0.2) is 16.0 Å². The predicted octanol–water partition coefficient (Wildman–Crippen LogP) is 17.1.